The highest BCUT2D eigenvalue weighted by Crippen LogP contribution is 2.40. The Hall–Kier alpha value is -3.28. The second-order valence-electron chi connectivity index (χ2n) is 7.35. The van der Waals surface area contributed by atoms with Gasteiger partial charge in [-0.2, -0.15) is 0 Å². The molecule has 1 aliphatic carbocycles. The summed E-state index contributed by atoms with van der Waals surface area (Å²) >= 11 is 0. The van der Waals surface area contributed by atoms with Crippen molar-refractivity contribution in [3.05, 3.63) is 77.7 Å². The van der Waals surface area contributed by atoms with E-state index in [1.165, 1.54) is 18.8 Å². The molecule has 1 saturated carbocycles. The van der Waals surface area contributed by atoms with Crippen molar-refractivity contribution in [3.8, 4) is 11.3 Å². The lowest BCUT2D eigenvalue weighted by molar-refractivity contribution is 0.415. The first-order valence-electron chi connectivity index (χ1n) is 9.59. The monoisotopic (exact) mass is 391 g/mol. The van der Waals surface area contributed by atoms with Crippen molar-refractivity contribution in [2.45, 2.75) is 38.5 Å². The summed E-state index contributed by atoms with van der Waals surface area (Å²) in [6, 6.07) is 3.77. The first kappa shape index (κ1) is 20.5. The van der Waals surface area contributed by atoms with Gasteiger partial charge in [0.05, 0.1) is 18.1 Å². The quantitative estimate of drug-likeness (QED) is 0.530. The predicted molar refractivity (Wildman–Crippen MR) is 117 cm³/mol. The molecule has 0 amide bonds. The van der Waals surface area contributed by atoms with E-state index in [9.17, 15) is 0 Å². The van der Waals surface area contributed by atoms with Crippen molar-refractivity contribution < 1.29 is 4.39 Å². The summed E-state index contributed by atoms with van der Waals surface area (Å²) in [5.41, 5.74) is 15.6. The van der Waals surface area contributed by atoms with Crippen molar-refractivity contribution in [1.29, 1.82) is 0 Å². The molecule has 1 fully saturated rings. The average molecular weight is 391 g/mol. The van der Waals surface area contributed by atoms with Crippen molar-refractivity contribution >= 4 is 12.0 Å². The predicted octanol–water partition coefficient (Wildman–Crippen LogP) is 4.68. The molecule has 6 heteroatoms. The Kier molecular flexibility index (Phi) is 6.22. The average Bonchev–Trinajstić information content (AvgIpc) is 2.64. The molecule has 1 aromatic heterocycles. The number of anilines is 1. The summed E-state index contributed by atoms with van der Waals surface area (Å²) < 4.78 is 15.5. The third-order valence-electron chi connectivity index (χ3n) is 5.24. The van der Waals surface area contributed by atoms with Crippen LogP contribution in [0.1, 0.15) is 43.2 Å². The first-order chi connectivity index (χ1) is 13.9. The molecule has 1 heterocycles. The molecule has 1 aliphatic rings. The fourth-order valence-electron chi connectivity index (χ4n) is 3.20. The molecule has 4 N–H and O–H groups in total. The van der Waals surface area contributed by atoms with Crippen molar-refractivity contribution in [3.63, 3.8) is 0 Å². The number of nitrogens with zero attached hydrogens (tertiary/aromatic N) is 3. The smallest absolute Gasteiger partial charge is 0.141 e. The van der Waals surface area contributed by atoms with Gasteiger partial charge in [0.15, 0.2) is 0 Å². The Labute approximate surface area is 170 Å². The number of nitrogen functional groups attached to an aromatic ring is 1. The van der Waals surface area contributed by atoms with E-state index in [-0.39, 0.29) is 5.82 Å². The van der Waals surface area contributed by atoms with Crippen molar-refractivity contribution in [1.82, 2.24) is 9.97 Å². The second-order valence-corrected chi connectivity index (χ2v) is 7.35. The molecule has 0 spiro atoms. The Balaban J connectivity index is 1.92. The lowest BCUT2D eigenvalue weighted by Gasteiger charge is -2.28. The molecule has 0 unspecified atom stereocenters. The number of halogens is 1. The number of allylic oxidation sites excluding steroid dienone is 3. The van der Waals surface area contributed by atoms with Crippen LogP contribution in [0.4, 0.5) is 10.2 Å². The van der Waals surface area contributed by atoms with Crippen LogP contribution in [-0.2, 0) is 6.42 Å². The van der Waals surface area contributed by atoms with Crippen molar-refractivity contribution in [2.24, 2.45) is 10.7 Å². The van der Waals surface area contributed by atoms with E-state index in [2.05, 4.69) is 28.1 Å². The lowest BCUT2D eigenvalue weighted by Crippen LogP contribution is -2.13. The van der Waals surface area contributed by atoms with E-state index < -0.39 is 0 Å². The number of hydrogen-bond acceptors (Lipinski definition) is 5. The van der Waals surface area contributed by atoms with Gasteiger partial charge in [-0.05, 0) is 54.5 Å². The minimum atomic E-state index is -0.299. The van der Waals surface area contributed by atoms with E-state index in [0.717, 1.165) is 24.0 Å². The van der Waals surface area contributed by atoms with E-state index in [1.54, 1.807) is 18.4 Å². The number of rotatable bonds is 7. The maximum absolute atomic E-state index is 15.5. The van der Waals surface area contributed by atoms with Crippen LogP contribution < -0.4 is 11.5 Å². The molecule has 2 aromatic rings. The van der Waals surface area contributed by atoms with Gasteiger partial charge in [0, 0.05) is 29.6 Å². The summed E-state index contributed by atoms with van der Waals surface area (Å²) in [6.45, 7) is 9.53. The highest BCUT2D eigenvalue weighted by atomic mass is 19.1. The highest BCUT2D eigenvalue weighted by Gasteiger charge is 2.25. The van der Waals surface area contributed by atoms with Crippen LogP contribution in [0, 0.1) is 5.82 Å². The van der Waals surface area contributed by atoms with Gasteiger partial charge < -0.3 is 11.5 Å². The number of benzene rings is 1. The van der Waals surface area contributed by atoms with Crippen LogP contribution in [-0.4, -0.2) is 16.2 Å². The van der Waals surface area contributed by atoms with Gasteiger partial charge in [0.1, 0.15) is 11.6 Å². The Bertz CT molecular complexity index is 985. The van der Waals surface area contributed by atoms with Crippen LogP contribution in [0.2, 0.25) is 0 Å². The first-order valence-corrected chi connectivity index (χ1v) is 9.59. The normalized spacial score (nSPS) is 14.8. The van der Waals surface area contributed by atoms with Crippen LogP contribution in [0.5, 0.6) is 0 Å². The van der Waals surface area contributed by atoms with Crippen LogP contribution in [0.15, 0.2) is 65.7 Å². The van der Waals surface area contributed by atoms with E-state index in [0.29, 0.717) is 46.4 Å². The third kappa shape index (κ3) is 4.77. The molecule has 0 saturated heterocycles. The van der Waals surface area contributed by atoms with E-state index in [1.807, 2.05) is 13.0 Å². The molecular weight excluding hydrogens is 365 g/mol. The van der Waals surface area contributed by atoms with Gasteiger partial charge in [-0.3, -0.25) is 9.98 Å². The summed E-state index contributed by atoms with van der Waals surface area (Å²) in [5.74, 6) is 0.379. The highest BCUT2D eigenvalue weighted by molar-refractivity contribution is 5.74. The molecule has 0 aliphatic heterocycles. The molecule has 1 aromatic carbocycles. The van der Waals surface area contributed by atoms with Crippen LogP contribution in [0.3, 0.4) is 0 Å². The second kappa shape index (κ2) is 8.82. The number of hydrogen-bond donors (Lipinski definition) is 2. The molecule has 5 nitrogen and oxygen atoms in total. The molecule has 0 atom stereocenters. The van der Waals surface area contributed by atoms with Crippen LogP contribution >= 0.6 is 0 Å². The maximum Gasteiger partial charge on any atom is 0.141 e. The zero-order valence-corrected chi connectivity index (χ0v) is 16.7. The van der Waals surface area contributed by atoms with Gasteiger partial charge in [0.2, 0.25) is 0 Å². The Morgan fingerprint density at radius 2 is 2.03 bits per heavy atom. The fraction of sp³-hybridized carbons (Fsp3) is 0.261. The minimum absolute atomic E-state index is 0.298. The summed E-state index contributed by atoms with van der Waals surface area (Å²) in [7, 11) is 0. The van der Waals surface area contributed by atoms with Gasteiger partial charge in [-0.1, -0.05) is 25.6 Å². The Morgan fingerprint density at radius 1 is 1.28 bits per heavy atom. The minimum Gasteiger partial charge on any atom is -0.399 e. The summed E-state index contributed by atoms with van der Waals surface area (Å²) in [6.07, 6.45) is 9.93. The molecule has 29 heavy (non-hydrogen) atoms. The largest absolute Gasteiger partial charge is 0.399 e. The number of aliphatic imine (C=N–C) groups is 1. The van der Waals surface area contributed by atoms with Gasteiger partial charge in [-0.15, -0.1) is 0 Å². The molecular formula is C23H26FN5. The Morgan fingerprint density at radius 3 is 2.62 bits per heavy atom. The maximum atomic E-state index is 15.5. The van der Waals surface area contributed by atoms with E-state index in [4.69, 9.17) is 11.5 Å². The molecule has 3 rings (SSSR count). The topological polar surface area (TPSA) is 90.2 Å². The third-order valence-corrected chi connectivity index (χ3v) is 5.24. The summed E-state index contributed by atoms with van der Waals surface area (Å²) in [4.78, 5) is 12.6. The van der Waals surface area contributed by atoms with Crippen molar-refractivity contribution in [2.75, 3.05) is 5.73 Å². The van der Waals surface area contributed by atoms with E-state index >= 15 is 4.39 Å². The van der Waals surface area contributed by atoms with Gasteiger partial charge >= 0.3 is 0 Å². The number of nitrogens with two attached hydrogens (primary N) is 2. The SMILES string of the molecule is C=C(Cc1c(C2CCC2)ccc(-c2cnc(N)cn2)c1F)N=C/C=C(\C)C(=C)N. The van der Waals surface area contributed by atoms with Crippen LogP contribution in [0.25, 0.3) is 11.3 Å². The standard InChI is InChI=1S/C23H26FN5/c1-14(16(3)25)9-10-27-15(2)11-20-18(17-5-4-6-17)7-8-19(23(20)24)21-12-29-22(26)13-28-21/h7-10,12-13,17H,2-6,11,25H2,1H3,(H2,26,29)/b14-9+,27-10?. The van der Waals surface area contributed by atoms with Gasteiger partial charge in [0.25, 0.3) is 0 Å². The zero-order chi connectivity index (χ0) is 21.0. The molecule has 0 bridgehead atoms. The molecule has 150 valence electrons. The lowest BCUT2D eigenvalue weighted by atomic mass is 9.77. The van der Waals surface area contributed by atoms with Gasteiger partial charge in [-0.25, -0.2) is 9.37 Å². The number of aromatic nitrogens is 2. The fourth-order valence-corrected chi connectivity index (χ4v) is 3.20. The summed E-state index contributed by atoms with van der Waals surface area (Å²) in [5, 5.41) is 0. The molecule has 0 radical (unpaired) electrons. The zero-order valence-electron chi connectivity index (χ0n) is 16.7.